The third-order valence-electron chi connectivity index (χ3n) is 3.32. The van der Waals surface area contributed by atoms with Crippen molar-refractivity contribution >= 4 is 17.7 Å². The average molecular weight is 318 g/mol. The number of carboxylic acids is 1. The van der Waals surface area contributed by atoms with Crippen LogP contribution in [-0.4, -0.2) is 26.3 Å². The van der Waals surface area contributed by atoms with Crippen molar-refractivity contribution in [2.75, 3.05) is 0 Å². The topological polar surface area (TPSA) is 83.0 Å². The van der Waals surface area contributed by atoms with E-state index in [-0.39, 0.29) is 5.56 Å². The van der Waals surface area contributed by atoms with E-state index in [0.29, 0.717) is 29.3 Å². The number of thioether (sulfide) groups is 1. The van der Waals surface area contributed by atoms with Gasteiger partial charge in [-0.15, -0.1) is 0 Å². The molecule has 0 unspecified atom stereocenters. The second-order valence-corrected chi connectivity index (χ2v) is 6.14. The zero-order chi connectivity index (χ0) is 16.1. The smallest absolute Gasteiger partial charge is 0.317 e. The summed E-state index contributed by atoms with van der Waals surface area (Å²) < 4.78 is 0. The van der Waals surface area contributed by atoms with Crippen molar-refractivity contribution in [3.63, 3.8) is 0 Å². The number of nitrogens with zero attached hydrogens (tertiary/aromatic N) is 1. The SMILES string of the molecule is CC[C@H](Sc1nc(C)c(Cc2ccccc2)c(=O)[nH]1)C(=O)O. The maximum atomic E-state index is 12.2. The van der Waals surface area contributed by atoms with Crippen LogP contribution >= 0.6 is 11.8 Å². The zero-order valence-corrected chi connectivity index (χ0v) is 13.3. The lowest BCUT2D eigenvalue weighted by Crippen LogP contribution is -2.20. The Morgan fingerprint density at radius 3 is 2.59 bits per heavy atom. The van der Waals surface area contributed by atoms with Gasteiger partial charge in [0.25, 0.3) is 5.56 Å². The Bertz CT molecular complexity index is 713. The van der Waals surface area contributed by atoms with E-state index in [4.69, 9.17) is 5.11 Å². The highest BCUT2D eigenvalue weighted by Crippen LogP contribution is 2.22. The minimum absolute atomic E-state index is 0.209. The molecule has 22 heavy (non-hydrogen) atoms. The summed E-state index contributed by atoms with van der Waals surface area (Å²) in [6.07, 6.45) is 0.977. The van der Waals surface area contributed by atoms with Crippen molar-refractivity contribution in [1.29, 1.82) is 0 Å². The van der Waals surface area contributed by atoms with Crippen LogP contribution < -0.4 is 5.56 Å². The van der Waals surface area contributed by atoms with Crippen molar-refractivity contribution in [3.8, 4) is 0 Å². The number of carboxylic acid groups (broad SMARTS) is 1. The first kappa shape index (κ1) is 16.3. The molecule has 0 aliphatic heterocycles. The predicted molar refractivity (Wildman–Crippen MR) is 86.4 cm³/mol. The molecule has 116 valence electrons. The van der Waals surface area contributed by atoms with Gasteiger partial charge >= 0.3 is 5.97 Å². The molecule has 1 aromatic carbocycles. The summed E-state index contributed by atoms with van der Waals surface area (Å²) >= 11 is 1.07. The van der Waals surface area contributed by atoms with Gasteiger partial charge in [0.2, 0.25) is 0 Å². The first-order chi connectivity index (χ1) is 10.5. The van der Waals surface area contributed by atoms with Crippen LogP contribution in [0.3, 0.4) is 0 Å². The van der Waals surface area contributed by atoms with Gasteiger partial charge in [-0.3, -0.25) is 9.59 Å². The number of carbonyl (C=O) groups is 1. The van der Waals surface area contributed by atoms with E-state index in [2.05, 4.69) is 9.97 Å². The second kappa shape index (κ2) is 7.26. The summed E-state index contributed by atoms with van der Waals surface area (Å²) in [7, 11) is 0. The minimum Gasteiger partial charge on any atom is -0.480 e. The summed E-state index contributed by atoms with van der Waals surface area (Å²) in [4.78, 5) is 30.4. The maximum absolute atomic E-state index is 12.2. The molecule has 1 aromatic heterocycles. The van der Waals surface area contributed by atoms with Crippen LogP contribution in [-0.2, 0) is 11.2 Å². The van der Waals surface area contributed by atoms with Crippen LogP contribution in [0.15, 0.2) is 40.3 Å². The van der Waals surface area contributed by atoms with E-state index in [1.54, 1.807) is 13.8 Å². The van der Waals surface area contributed by atoms with Gasteiger partial charge in [-0.1, -0.05) is 49.0 Å². The molecule has 1 heterocycles. The Hall–Kier alpha value is -2.08. The lowest BCUT2D eigenvalue weighted by atomic mass is 10.1. The van der Waals surface area contributed by atoms with Crippen LogP contribution in [0.4, 0.5) is 0 Å². The molecule has 2 aromatic rings. The number of H-pyrrole nitrogens is 1. The predicted octanol–water partition coefficient (Wildman–Crippen LogP) is 2.62. The molecule has 2 N–H and O–H groups in total. The largest absolute Gasteiger partial charge is 0.480 e. The quantitative estimate of drug-likeness (QED) is 0.632. The highest BCUT2D eigenvalue weighted by molar-refractivity contribution is 8.00. The van der Waals surface area contributed by atoms with Crippen LogP contribution in [0.25, 0.3) is 0 Å². The Balaban J connectivity index is 2.25. The molecule has 0 fully saturated rings. The molecule has 0 aliphatic carbocycles. The number of rotatable bonds is 6. The Morgan fingerprint density at radius 2 is 2.05 bits per heavy atom. The normalized spacial score (nSPS) is 12.1. The van der Waals surface area contributed by atoms with E-state index < -0.39 is 11.2 Å². The number of aromatic nitrogens is 2. The third kappa shape index (κ3) is 3.98. The maximum Gasteiger partial charge on any atom is 0.317 e. The lowest BCUT2D eigenvalue weighted by Gasteiger charge is -2.10. The van der Waals surface area contributed by atoms with E-state index in [1.165, 1.54) is 0 Å². The summed E-state index contributed by atoms with van der Waals surface area (Å²) in [5.41, 5.74) is 2.07. The van der Waals surface area contributed by atoms with E-state index in [0.717, 1.165) is 17.3 Å². The van der Waals surface area contributed by atoms with Crippen LogP contribution in [0, 0.1) is 6.92 Å². The number of hydrogen-bond donors (Lipinski definition) is 2. The molecule has 0 amide bonds. The third-order valence-corrected chi connectivity index (χ3v) is 4.56. The van der Waals surface area contributed by atoms with Gasteiger partial charge in [0.05, 0.1) is 0 Å². The van der Waals surface area contributed by atoms with Crippen LogP contribution in [0.2, 0.25) is 0 Å². The fourth-order valence-electron chi connectivity index (χ4n) is 2.09. The fraction of sp³-hybridized carbons (Fsp3) is 0.312. The van der Waals surface area contributed by atoms with E-state index in [9.17, 15) is 9.59 Å². The Morgan fingerprint density at radius 1 is 1.36 bits per heavy atom. The molecule has 0 saturated heterocycles. The van der Waals surface area contributed by atoms with Crippen molar-refractivity contribution < 1.29 is 9.90 Å². The number of benzene rings is 1. The highest BCUT2D eigenvalue weighted by Gasteiger charge is 2.19. The van der Waals surface area contributed by atoms with Crippen molar-refractivity contribution in [1.82, 2.24) is 9.97 Å². The number of aryl methyl sites for hydroxylation is 1. The first-order valence-corrected chi connectivity index (χ1v) is 7.92. The number of nitrogens with one attached hydrogen (secondary N) is 1. The number of aromatic amines is 1. The van der Waals surface area contributed by atoms with E-state index in [1.807, 2.05) is 30.3 Å². The molecular weight excluding hydrogens is 300 g/mol. The number of hydrogen-bond acceptors (Lipinski definition) is 4. The summed E-state index contributed by atoms with van der Waals surface area (Å²) in [5, 5.41) is 8.83. The van der Waals surface area contributed by atoms with Gasteiger partial charge in [0.15, 0.2) is 5.16 Å². The monoisotopic (exact) mass is 318 g/mol. The Labute approximate surface area is 132 Å². The van der Waals surface area contributed by atoms with Gasteiger partial charge in [-0.2, -0.15) is 0 Å². The highest BCUT2D eigenvalue weighted by atomic mass is 32.2. The average Bonchev–Trinajstić information content (AvgIpc) is 2.49. The summed E-state index contributed by atoms with van der Waals surface area (Å²) in [6.45, 7) is 3.57. The molecule has 0 bridgehead atoms. The van der Waals surface area contributed by atoms with Gasteiger partial charge in [0.1, 0.15) is 5.25 Å². The molecule has 0 spiro atoms. The number of aliphatic carboxylic acids is 1. The minimum atomic E-state index is -0.902. The molecule has 0 saturated carbocycles. The Kier molecular flexibility index (Phi) is 5.38. The second-order valence-electron chi connectivity index (χ2n) is 4.95. The molecule has 5 nitrogen and oxygen atoms in total. The lowest BCUT2D eigenvalue weighted by molar-refractivity contribution is -0.136. The molecule has 0 aliphatic rings. The van der Waals surface area contributed by atoms with Crippen molar-refractivity contribution in [3.05, 3.63) is 57.5 Å². The first-order valence-electron chi connectivity index (χ1n) is 7.04. The summed E-state index contributed by atoms with van der Waals surface area (Å²) in [6, 6.07) is 9.69. The van der Waals surface area contributed by atoms with Gasteiger partial charge in [-0.25, -0.2) is 4.98 Å². The fourth-order valence-corrected chi connectivity index (χ4v) is 2.97. The van der Waals surface area contributed by atoms with Crippen molar-refractivity contribution in [2.45, 2.75) is 37.1 Å². The zero-order valence-electron chi connectivity index (χ0n) is 12.5. The molecule has 0 radical (unpaired) electrons. The van der Waals surface area contributed by atoms with Gasteiger partial charge in [-0.05, 0) is 18.9 Å². The van der Waals surface area contributed by atoms with Crippen molar-refractivity contribution in [2.24, 2.45) is 0 Å². The molecule has 6 heteroatoms. The standard InChI is InChI=1S/C16H18N2O3S/c1-3-13(15(20)21)22-16-17-10(2)12(14(19)18-16)9-11-7-5-4-6-8-11/h4-8,13H,3,9H2,1-2H3,(H,20,21)(H,17,18,19)/t13-/m0/s1. The molecule has 2 rings (SSSR count). The van der Waals surface area contributed by atoms with Crippen LogP contribution in [0.1, 0.15) is 30.2 Å². The van der Waals surface area contributed by atoms with Gasteiger partial charge in [0, 0.05) is 17.7 Å². The molecule has 1 atom stereocenters. The molecular formula is C16H18N2O3S. The van der Waals surface area contributed by atoms with Crippen LogP contribution in [0.5, 0.6) is 0 Å². The summed E-state index contributed by atoms with van der Waals surface area (Å²) in [5.74, 6) is -0.902. The van der Waals surface area contributed by atoms with E-state index >= 15 is 0 Å². The van der Waals surface area contributed by atoms with Gasteiger partial charge < -0.3 is 10.1 Å².